The fourth-order valence-corrected chi connectivity index (χ4v) is 4.10. The van der Waals surface area contributed by atoms with Gasteiger partial charge in [-0.15, -0.1) is 0 Å². The summed E-state index contributed by atoms with van der Waals surface area (Å²) in [5.41, 5.74) is 3.07. The van der Waals surface area contributed by atoms with Gasteiger partial charge in [-0.2, -0.15) is 0 Å². The van der Waals surface area contributed by atoms with E-state index in [1.165, 1.54) is 51.5 Å². The number of ether oxygens (including phenoxy) is 1. The number of rotatable bonds is 3. The van der Waals surface area contributed by atoms with E-state index in [0.717, 1.165) is 13.2 Å². The Bertz CT molecular complexity index is 268. The van der Waals surface area contributed by atoms with Crippen molar-refractivity contribution in [3.63, 3.8) is 0 Å². The number of hydrazine groups is 1. The van der Waals surface area contributed by atoms with E-state index in [1.807, 2.05) is 0 Å². The number of hydrogen-bond acceptors (Lipinski definition) is 4. The summed E-state index contributed by atoms with van der Waals surface area (Å²) in [4.78, 5) is 2.61. The summed E-state index contributed by atoms with van der Waals surface area (Å²) in [6.07, 6.45) is 9.71. The summed E-state index contributed by atoms with van der Waals surface area (Å²) in [6.45, 7) is 3.25. The molecule has 2 aliphatic heterocycles. The third kappa shape index (κ3) is 2.57. The highest BCUT2D eigenvalue weighted by molar-refractivity contribution is 4.92. The van der Waals surface area contributed by atoms with Gasteiger partial charge in [0, 0.05) is 12.6 Å². The lowest BCUT2D eigenvalue weighted by Gasteiger charge is -2.42. The maximum Gasteiger partial charge on any atom is 0.0871 e. The van der Waals surface area contributed by atoms with Crippen LogP contribution in [0, 0.1) is 5.92 Å². The van der Waals surface area contributed by atoms with Gasteiger partial charge < -0.3 is 4.74 Å². The Morgan fingerprint density at radius 2 is 1.94 bits per heavy atom. The Morgan fingerprint density at radius 1 is 1.11 bits per heavy atom. The maximum absolute atomic E-state index is 6.11. The first-order valence-corrected chi connectivity index (χ1v) is 7.70. The largest absolute Gasteiger partial charge is 0.374 e. The minimum atomic E-state index is 0.299. The Hall–Kier alpha value is -0.160. The average Bonchev–Trinajstić information content (AvgIpc) is 2.88. The minimum absolute atomic E-state index is 0.299. The molecule has 3 aliphatic rings. The van der Waals surface area contributed by atoms with Crippen molar-refractivity contribution in [1.82, 2.24) is 10.3 Å². The van der Waals surface area contributed by atoms with Crippen LogP contribution in [-0.2, 0) is 4.74 Å². The van der Waals surface area contributed by atoms with Gasteiger partial charge in [-0.1, -0.05) is 19.3 Å². The van der Waals surface area contributed by atoms with E-state index in [1.54, 1.807) is 0 Å². The van der Waals surface area contributed by atoms with Gasteiger partial charge in [0.1, 0.15) is 0 Å². The highest BCUT2D eigenvalue weighted by atomic mass is 16.5. The molecule has 0 bridgehead atoms. The van der Waals surface area contributed by atoms with Gasteiger partial charge in [-0.25, -0.2) is 0 Å². The van der Waals surface area contributed by atoms with Crippen LogP contribution in [0.5, 0.6) is 0 Å². The first-order valence-electron chi connectivity index (χ1n) is 7.70. The second-order valence-corrected chi connectivity index (χ2v) is 6.25. The molecule has 0 aromatic rings. The third-order valence-electron chi connectivity index (χ3n) is 5.17. The molecule has 0 aromatic carbocycles. The molecule has 104 valence electrons. The lowest BCUT2D eigenvalue weighted by Crippen LogP contribution is -2.58. The van der Waals surface area contributed by atoms with Crippen LogP contribution < -0.4 is 11.3 Å². The van der Waals surface area contributed by atoms with E-state index >= 15 is 0 Å². The number of nitrogens with two attached hydrogens (primary N) is 1. The van der Waals surface area contributed by atoms with E-state index in [0.29, 0.717) is 24.1 Å². The smallest absolute Gasteiger partial charge is 0.0871 e. The fourth-order valence-electron chi connectivity index (χ4n) is 4.10. The van der Waals surface area contributed by atoms with Gasteiger partial charge >= 0.3 is 0 Å². The Morgan fingerprint density at radius 3 is 2.72 bits per heavy atom. The standard InChI is InChI=1S/C14H27N3O/c15-16-14(11-5-2-1-3-6-11)13-9-17-8-4-7-12(17)10-18-13/h11-14,16H,1-10,15H2. The number of nitrogens with one attached hydrogen (secondary N) is 1. The van der Waals surface area contributed by atoms with Crippen molar-refractivity contribution in [1.29, 1.82) is 0 Å². The van der Waals surface area contributed by atoms with Crippen LogP contribution in [0.2, 0.25) is 0 Å². The highest BCUT2D eigenvalue weighted by Crippen LogP contribution is 2.31. The Kier molecular flexibility index (Phi) is 4.19. The molecule has 0 aromatic heterocycles. The summed E-state index contributed by atoms with van der Waals surface area (Å²) in [7, 11) is 0. The summed E-state index contributed by atoms with van der Waals surface area (Å²) in [5.74, 6) is 6.54. The van der Waals surface area contributed by atoms with Gasteiger partial charge in [0.2, 0.25) is 0 Å². The SMILES string of the molecule is NNC(C1CCCCC1)C1CN2CCCC2CO1. The normalized spacial score (nSPS) is 36.5. The van der Waals surface area contributed by atoms with Crippen molar-refractivity contribution in [3.05, 3.63) is 0 Å². The van der Waals surface area contributed by atoms with Crippen LogP contribution in [0.25, 0.3) is 0 Å². The highest BCUT2D eigenvalue weighted by Gasteiger charge is 2.38. The van der Waals surface area contributed by atoms with Crippen LogP contribution in [0.4, 0.5) is 0 Å². The van der Waals surface area contributed by atoms with Gasteiger partial charge in [0.15, 0.2) is 0 Å². The Labute approximate surface area is 110 Å². The molecule has 2 saturated heterocycles. The molecule has 1 saturated carbocycles. The lowest BCUT2D eigenvalue weighted by molar-refractivity contribution is -0.0758. The van der Waals surface area contributed by atoms with Crippen LogP contribution in [0.3, 0.4) is 0 Å². The summed E-state index contributed by atoms with van der Waals surface area (Å²) in [5, 5.41) is 0. The van der Waals surface area contributed by atoms with Crippen molar-refractivity contribution in [2.24, 2.45) is 11.8 Å². The van der Waals surface area contributed by atoms with Gasteiger partial charge in [0.25, 0.3) is 0 Å². The van der Waals surface area contributed by atoms with Crippen molar-refractivity contribution in [2.45, 2.75) is 63.1 Å². The van der Waals surface area contributed by atoms with Crippen molar-refractivity contribution in [3.8, 4) is 0 Å². The van der Waals surface area contributed by atoms with E-state index in [2.05, 4.69) is 10.3 Å². The zero-order chi connectivity index (χ0) is 12.4. The molecule has 3 fully saturated rings. The summed E-state index contributed by atoms with van der Waals surface area (Å²) in [6, 6.07) is 1.04. The van der Waals surface area contributed by atoms with Crippen molar-refractivity contribution in [2.75, 3.05) is 19.7 Å². The molecule has 3 unspecified atom stereocenters. The van der Waals surface area contributed by atoms with E-state index in [4.69, 9.17) is 10.6 Å². The molecule has 4 nitrogen and oxygen atoms in total. The fraction of sp³-hybridized carbons (Fsp3) is 1.00. The van der Waals surface area contributed by atoms with E-state index < -0.39 is 0 Å². The predicted molar refractivity (Wildman–Crippen MR) is 72.0 cm³/mol. The van der Waals surface area contributed by atoms with E-state index in [-0.39, 0.29) is 0 Å². The molecular formula is C14H27N3O. The van der Waals surface area contributed by atoms with Crippen molar-refractivity contribution >= 4 is 0 Å². The van der Waals surface area contributed by atoms with Crippen molar-refractivity contribution < 1.29 is 4.74 Å². The van der Waals surface area contributed by atoms with Crippen LogP contribution in [-0.4, -0.2) is 42.8 Å². The molecule has 0 radical (unpaired) electrons. The molecule has 3 N–H and O–H groups in total. The van der Waals surface area contributed by atoms with Crippen LogP contribution >= 0.6 is 0 Å². The summed E-state index contributed by atoms with van der Waals surface area (Å²) < 4.78 is 6.11. The lowest BCUT2D eigenvalue weighted by atomic mass is 9.81. The zero-order valence-electron chi connectivity index (χ0n) is 11.3. The predicted octanol–water partition coefficient (Wildman–Crippen LogP) is 1.26. The van der Waals surface area contributed by atoms with Gasteiger partial charge in [-0.05, 0) is 38.1 Å². The third-order valence-corrected chi connectivity index (χ3v) is 5.17. The molecule has 1 aliphatic carbocycles. The van der Waals surface area contributed by atoms with Crippen LogP contribution in [0.1, 0.15) is 44.9 Å². The second kappa shape index (κ2) is 5.87. The summed E-state index contributed by atoms with van der Waals surface area (Å²) >= 11 is 0. The quantitative estimate of drug-likeness (QED) is 0.587. The van der Waals surface area contributed by atoms with Crippen LogP contribution in [0.15, 0.2) is 0 Å². The van der Waals surface area contributed by atoms with Gasteiger partial charge in [0.05, 0.1) is 18.8 Å². The second-order valence-electron chi connectivity index (χ2n) is 6.25. The Balaban J connectivity index is 1.60. The minimum Gasteiger partial charge on any atom is -0.374 e. The van der Waals surface area contributed by atoms with Gasteiger partial charge in [-0.3, -0.25) is 16.2 Å². The molecule has 18 heavy (non-hydrogen) atoms. The molecular weight excluding hydrogens is 226 g/mol. The number of morpholine rings is 1. The molecule has 2 heterocycles. The molecule has 3 atom stereocenters. The maximum atomic E-state index is 6.11. The number of hydrogen-bond donors (Lipinski definition) is 2. The number of nitrogens with zero attached hydrogens (tertiary/aromatic N) is 1. The average molecular weight is 253 g/mol. The zero-order valence-corrected chi connectivity index (χ0v) is 11.3. The topological polar surface area (TPSA) is 50.5 Å². The first-order chi connectivity index (χ1) is 8.88. The molecule has 3 rings (SSSR count). The van der Waals surface area contributed by atoms with E-state index in [9.17, 15) is 0 Å². The molecule has 0 spiro atoms. The first kappa shape index (κ1) is 12.9. The monoisotopic (exact) mass is 253 g/mol. The molecule has 4 heteroatoms. The number of fused-ring (bicyclic) bond motifs is 1. The molecule has 0 amide bonds.